The van der Waals surface area contributed by atoms with Gasteiger partial charge in [-0.3, -0.25) is 47.8 Å². The number of carbonyl (C=O) groups excluding carboxylic acids is 8. The molecular formula is C86H108Cl2F8N6O18S2. The topological polar surface area (TPSA) is 317 Å². The van der Waals surface area contributed by atoms with Gasteiger partial charge >= 0.3 is 11.9 Å². The fourth-order valence-electron chi connectivity index (χ4n) is 16.7. The molecule has 0 spiro atoms. The van der Waals surface area contributed by atoms with Crippen LogP contribution in [0.25, 0.3) is 21.5 Å². The summed E-state index contributed by atoms with van der Waals surface area (Å²) in [5.41, 5.74) is -7.26. The van der Waals surface area contributed by atoms with Crippen molar-refractivity contribution in [1.29, 1.82) is 0 Å². The highest BCUT2D eigenvalue weighted by Crippen LogP contribution is 2.60. The van der Waals surface area contributed by atoms with Crippen molar-refractivity contribution in [2.24, 2.45) is 58.2 Å². The van der Waals surface area contributed by atoms with Crippen LogP contribution >= 0.6 is 23.2 Å². The van der Waals surface area contributed by atoms with Gasteiger partial charge in [0.2, 0.25) is 67.2 Å². The Bertz CT molecular complexity index is 4660. The van der Waals surface area contributed by atoms with Gasteiger partial charge in [-0.1, -0.05) is 87.3 Å². The number of hydrogen-bond acceptors (Lipinski definition) is 20. The number of carbonyl (C=O) groups is 8. The van der Waals surface area contributed by atoms with E-state index < -0.39 is 222 Å². The monoisotopic (exact) mass is 1800 g/mol. The van der Waals surface area contributed by atoms with E-state index >= 15 is 0 Å². The van der Waals surface area contributed by atoms with Crippen molar-refractivity contribution in [2.75, 3.05) is 26.3 Å². The van der Waals surface area contributed by atoms with E-state index in [1.54, 1.807) is 64.1 Å². The molecule has 36 heteroatoms. The molecule has 8 aliphatic rings. The van der Waals surface area contributed by atoms with Crippen LogP contribution in [-0.4, -0.2) is 180 Å². The number of sulfonamides is 2. The summed E-state index contributed by atoms with van der Waals surface area (Å²) < 4.78 is 200. The van der Waals surface area contributed by atoms with Crippen LogP contribution in [0.15, 0.2) is 72.8 Å². The van der Waals surface area contributed by atoms with Crippen LogP contribution < -0.4 is 28.4 Å². The smallest absolute Gasteiger partial charge is 0.307 e. The molecule has 2 N–H and O–H groups in total. The minimum atomic E-state index is -4.07. The average Bonchev–Trinajstić information content (AvgIpc) is 1.57. The van der Waals surface area contributed by atoms with E-state index in [-0.39, 0.29) is 84.2 Å². The lowest BCUT2D eigenvalue weighted by atomic mass is 9.82. The number of amides is 4. The Hall–Kier alpha value is -7.98. The molecular weight excluding hydrogens is 1690 g/mol. The van der Waals surface area contributed by atoms with Crippen molar-refractivity contribution in [3.63, 3.8) is 0 Å². The van der Waals surface area contributed by atoms with Crippen molar-refractivity contribution in [3.8, 4) is 23.5 Å². The number of nitrogens with one attached hydrogen (secondary N) is 2. The number of fused-ring (bicyclic) bond motifs is 6. The zero-order valence-corrected chi connectivity index (χ0v) is 73.4. The molecule has 4 amide bonds. The number of ketones is 2. The Morgan fingerprint density at radius 3 is 1.23 bits per heavy atom. The number of esters is 2. The Kier molecular flexibility index (Phi) is 28.1. The molecule has 2 saturated heterocycles. The Labute approximate surface area is 715 Å². The van der Waals surface area contributed by atoms with Crippen molar-refractivity contribution in [2.45, 2.75) is 268 Å². The molecule has 4 aromatic rings. The minimum Gasteiger partial charge on any atom is -0.472 e. The molecule has 6 heterocycles. The fraction of sp³-hybridized carbons (Fsp3) is 0.651. The molecule has 0 unspecified atom stereocenters. The maximum absolute atomic E-state index is 15.0. The fourth-order valence-corrected chi connectivity index (χ4v) is 19.8. The molecule has 122 heavy (non-hydrogen) atoms. The molecule has 4 aliphatic heterocycles. The van der Waals surface area contributed by atoms with Crippen molar-refractivity contribution < 1.29 is 119 Å². The molecule has 14 atom stereocenters. The van der Waals surface area contributed by atoms with Crippen LogP contribution in [0, 0.1) is 58.2 Å². The van der Waals surface area contributed by atoms with Crippen LogP contribution in [0.4, 0.5) is 35.1 Å². The summed E-state index contributed by atoms with van der Waals surface area (Å²) in [6.07, 6.45) is 2.96. The third kappa shape index (κ3) is 21.4. The number of benzene rings is 2. The summed E-state index contributed by atoms with van der Waals surface area (Å²) in [4.78, 5) is 126. The van der Waals surface area contributed by atoms with Crippen LogP contribution in [0.1, 0.15) is 199 Å². The van der Waals surface area contributed by atoms with Gasteiger partial charge in [0.1, 0.15) is 12.2 Å². The number of hydrogen-bond donors (Lipinski definition) is 2. The van der Waals surface area contributed by atoms with E-state index in [1.165, 1.54) is 21.9 Å². The zero-order valence-electron chi connectivity index (χ0n) is 70.3. The summed E-state index contributed by atoms with van der Waals surface area (Å²) in [6.45, 7) is 13.8. The Morgan fingerprint density at radius 2 is 0.902 bits per heavy atom. The van der Waals surface area contributed by atoms with Gasteiger partial charge in [-0.15, -0.1) is 0 Å². The SMILES string of the molecule is C[C@@H]1CC/C=C\[C@@H]2C[C@@]2(C(=O)NS(=O)(=O)C2(C)CC2)CC(=O)[C@@H]2C[C@@H](Oc3nc(OCC(F)F)cc4c(Cl)cccc34)CN2C(=O)[C@@H](CC(=O)OC(C)(C)C(C)(F)F)[C@H](C)C1.C[C@H]1CC/C=C\[C@@H]2C[C@@]2(C(=O)NS(=O)(=O)C2(C)CC2)CC(=O)[C@@H]2C[C@@H](Oc3nc(OCC(F)F)cc4c(Cl)cccc34)CN2C(=O)[C@@H](CC(=O)OC(C)(C)C(C)(F)F)[C@H](C)C1. The number of rotatable bonds is 24. The highest BCUT2D eigenvalue weighted by molar-refractivity contribution is 7.92. The largest absolute Gasteiger partial charge is 0.472 e. The van der Waals surface area contributed by atoms with Crippen LogP contribution in [0.2, 0.25) is 10.0 Å². The van der Waals surface area contributed by atoms with Gasteiger partial charge in [0.25, 0.3) is 24.7 Å². The first-order chi connectivity index (χ1) is 56.7. The Balaban J connectivity index is 0.000000238. The Morgan fingerprint density at radius 1 is 0.549 bits per heavy atom. The first kappa shape index (κ1) is 94.7. The molecule has 4 saturated carbocycles. The van der Waals surface area contributed by atoms with E-state index in [4.69, 9.17) is 51.6 Å². The third-order valence-corrected chi connectivity index (χ3v) is 31.0. The van der Waals surface area contributed by atoms with Crippen molar-refractivity contribution in [3.05, 3.63) is 82.9 Å². The standard InChI is InChI=1S/2C43H54ClF4N3O9S/c2*1-24-10-7-8-11-26-20-43(26,39(55)50-61(56,57)41(5)14-15-41)21-33(52)32-17-27(59-37-28-12-9-13-31(44)30(28)18-35(49-37)58-23-34(45)46)22-51(32)38(54)29(25(2)16-24)19-36(53)60-40(3,4)42(6,47)48/h2*8-9,11-13,18,24-27,29,32,34H,7,10,14-17,19-23H2,1-6H3,(H,50,55)/b2*11-8-/t24-,25+,26+,27+,29-,32-,43+;24-,25-,26-,27-,29+,32+,43-/m01/s1. The highest BCUT2D eigenvalue weighted by Gasteiger charge is 2.65. The summed E-state index contributed by atoms with van der Waals surface area (Å²) in [5, 5.41) is 1.99. The molecule has 2 aromatic carbocycles. The predicted octanol–water partition coefficient (Wildman–Crippen LogP) is 15.7. The number of ether oxygens (including phenoxy) is 6. The summed E-state index contributed by atoms with van der Waals surface area (Å²) >= 11 is 13.0. The van der Waals surface area contributed by atoms with Crippen molar-refractivity contribution in [1.82, 2.24) is 29.2 Å². The van der Waals surface area contributed by atoms with Gasteiger partial charge in [-0.2, -0.15) is 9.97 Å². The molecule has 4 aliphatic carbocycles. The number of halogens is 10. The molecule has 6 fully saturated rings. The maximum atomic E-state index is 15.0. The number of pyridine rings is 2. The summed E-state index contributed by atoms with van der Waals surface area (Å²) in [5.74, 6) is -17.6. The van der Waals surface area contributed by atoms with E-state index in [2.05, 4.69) is 19.4 Å². The summed E-state index contributed by atoms with van der Waals surface area (Å²) in [6, 6.07) is 9.95. The molecule has 0 radical (unpaired) electrons. The van der Waals surface area contributed by atoms with Crippen molar-refractivity contribution >= 4 is 112 Å². The first-order valence-electron chi connectivity index (χ1n) is 41.4. The van der Waals surface area contributed by atoms with E-state index in [0.29, 0.717) is 99.6 Å². The van der Waals surface area contributed by atoms with Gasteiger partial charge in [0.05, 0.1) is 70.2 Å². The van der Waals surface area contributed by atoms with Gasteiger partial charge < -0.3 is 38.2 Å². The maximum Gasteiger partial charge on any atom is 0.307 e. The van der Waals surface area contributed by atoms with Gasteiger partial charge in [0, 0.05) is 83.3 Å². The predicted molar refractivity (Wildman–Crippen MR) is 436 cm³/mol. The van der Waals surface area contributed by atoms with E-state index in [1.807, 2.05) is 38.2 Å². The number of allylic oxidation sites excluding steroid dienone is 4. The van der Waals surface area contributed by atoms with Crippen LogP contribution in [0.3, 0.4) is 0 Å². The van der Waals surface area contributed by atoms with E-state index in [9.17, 15) is 90.3 Å². The first-order valence-corrected chi connectivity index (χ1v) is 45.1. The second-order valence-corrected chi connectivity index (χ2v) is 41.8. The number of nitrogens with zero attached hydrogens (tertiary/aromatic N) is 4. The lowest BCUT2D eigenvalue weighted by molar-refractivity contribution is -0.197. The average molecular weight is 1800 g/mol. The quantitative estimate of drug-likeness (QED) is 0.0374. The summed E-state index contributed by atoms with van der Waals surface area (Å²) in [7, 11) is -8.13. The molecule has 672 valence electrons. The normalized spacial score (nSPS) is 28.9. The molecule has 0 bridgehead atoms. The number of Topliss-reactive ketones (excluding diaryl/α,β-unsaturated/α-hetero) is 2. The molecule has 2 aromatic heterocycles. The lowest BCUT2D eigenvalue weighted by Crippen LogP contribution is -2.49. The zero-order chi connectivity index (χ0) is 89.7. The lowest BCUT2D eigenvalue weighted by Gasteiger charge is -2.34. The second kappa shape index (κ2) is 36.2. The van der Waals surface area contributed by atoms with Crippen LogP contribution in [0.5, 0.6) is 23.5 Å². The minimum absolute atomic E-state index is 0.0158. The van der Waals surface area contributed by atoms with Crippen LogP contribution in [-0.2, 0) is 67.9 Å². The van der Waals surface area contributed by atoms with Gasteiger partial charge in [-0.25, -0.2) is 52.0 Å². The molecule has 24 nitrogen and oxygen atoms in total. The van der Waals surface area contributed by atoms with Gasteiger partial charge in [-0.05, 0) is 178 Å². The van der Waals surface area contributed by atoms with E-state index in [0.717, 1.165) is 27.7 Å². The number of alkyl halides is 8. The third-order valence-electron chi connectivity index (χ3n) is 26.0. The van der Waals surface area contributed by atoms with Gasteiger partial charge in [0.15, 0.2) is 36.0 Å². The second-order valence-electron chi connectivity index (χ2n) is 36.6. The highest BCUT2D eigenvalue weighted by atomic mass is 35.5. The number of aromatic nitrogens is 2. The molecule has 12 rings (SSSR count).